The second-order valence-electron chi connectivity index (χ2n) is 5.74. The average Bonchev–Trinajstić information content (AvgIpc) is 3.06. The highest BCUT2D eigenvalue weighted by molar-refractivity contribution is 5.85. The molecule has 1 amide bonds. The molecule has 1 aromatic heterocycles. The number of hydrogen-bond acceptors (Lipinski definition) is 5. The van der Waals surface area contributed by atoms with Crippen LogP contribution in [0.4, 0.5) is 4.39 Å². The average molecular weight is 355 g/mol. The number of carbonyl (C=O) groups excluding carboxylic acids is 1. The molecule has 1 aliphatic rings. The summed E-state index contributed by atoms with van der Waals surface area (Å²) in [7, 11) is 0. The number of hydrogen-bond donors (Lipinski definition) is 2. The molecule has 24 heavy (non-hydrogen) atoms. The Hall–Kier alpha value is -1.99. The molecule has 2 N–H and O–H groups in total. The van der Waals surface area contributed by atoms with E-state index in [4.69, 9.17) is 4.52 Å². The first kappa shape index (κ1) is 18.4. The van der Waals surface area contributed by atoms with E-state index in [9.17, 15) is 9.18 Å². The van der Waals surface area contributed by atoms with E-state index in [1.165, 1.54) is 12.1 Å². The van der Waals surface area contributed by atoms with Crippen molar-refractivity contribution in [2.45, 2.75) is 25.8 Å². The first-order chi connectivity index (χ1) is 11.1. The van der Waals surface area contributed by atoms with Crippen molar-refractivity contribution in [3.63, 3.8) is 0 Å². The van der Waals surface area contributed by atoms with Crippen LogP contribution in [0.2, 0.25) is 0 Å². The molecule has 3 rings (SSSR count). The molecule has 2 aromatic rings. The van der Waals surface area contributed by atoms with Gasteiger partial charge in [-0.2, -0.15) is 4.98 Å². The van der Waals surface area contributed by atoms with Gasteiger partial charge in [0.25, 0.3) is 0 Å². The van der Waals surface area contributed by atoms with Gasteiger partial charge < -0.3 is 15.2 Å². The van der Waals surface area contributed by atoms with Crippen molar-refractivity contribution in [1.82, 2.24) is 20.8 Å². The third-order valence-corrected chi connectivity index (χ3v) is 3.92. The van der Waals surface area contributed by atoms with E-state index >= 15 is 0 Å². The molecule has 1 aliphatic heterocycles. The molecular weight excluding hydrogens is 335 g/mol. The number of rotatable bonds is 4. The lowest BCUT2D eigenvalue weighted by Crippen LogP contribution is -2.41. The van der Waals surface area contributed by atoms with E-state index in [1.807, 2.05) is 0 Å². The topological polar surface area (TPSA) is 80.0 Å². The molecule has 8 heteroatoms. The Balaban J connectivity index is 0.00000208. The molecule has 0 saturated carbocycles. The van der Waals surface area contributed by atoms with Gasteiger partial charge in [0, 0.05) is 12.1 Å². The lowest BCUT2D eigenvalue weighted by Gasteiger charge is -2.23. The summed E-state index contributed by atoms with van der Waals surface area (Å²) in [5.41, 5.74) is 0.537. The Morgan fingerprint density at radius 2 is 2.33 bits per heavy atom. The van der Waals surface area contributed by atoms with Gasteiger partial charge >= 0.3 is 0 Å². The van der Waals surface area contributed by atoms with Crippen molar-refractivity contribution in [2.24, 2.45) is 5.92 Å². The second-order valence-corrected chi connectivity index (χ2v) is 5.74. The molecule has 6 nitrogen and oxygen atoms in total. The number of carbonyl (C=O) groups is 1. The molecule has 0 radical (unpaired) electrons. The lowest BCUT2D eigenvalue weighted by atomic mass is 9.98. The Bertz CT molecular complexity index is 688. The first-order valence-corrected chi connectivity index (χ1v) is 7.74. The summed E-state index contributed by atoms with van der Waals surface area (Å²) in [5.74, 6) is 0.202. The quantitative estimate of drug-likeness (QED) is 0.881. The van der Waals surface area contributed by atoms with Crippen LogP contribution in [0.3, 0.4) is 0 Å². The van der Waals surface area contributed by atoms with E-state index in [0.29, 0.717) is 23.8 Å². The van der Waals surface area contributed by atoms with Crippen LogP contribution < -0.4 is 10.6 Å². The van der Waals surface area contributed by atoms with Crippen molar-refractivity contribution in [3.8, 4) is 11.4 Å². The fourth-order valence-corrected chi connectivity index (χ4v) is 2.62. The van der Waals surface area contributed by atoms with Crippen LogP contribution in [0.5, 0.6) is 0 Å². The summed E-state index contributed by atoms with van der Waals surface area (Å²) in [5, 5.41) is 9.96. The fraction of sp³-hybridized carbons (Fsp3) is 0.438. The minimum atomic E-state index is -0.390. The van der Waals surface area contributed by atoms with Crippen LogP contribution in [0, 0.1) is 11.7 Å². The summed E-state index contributed by atoms with van der Waals surface area (Å²) >= 11 is 0. The number of amides is 1. The number of aromatic nitrogens is 2. The SMILES string of the molecule is CC(NC(=O)C1CCCNC1)c1nc(-c2cccc(F)c2)no1.Cl. The molecule has 0 spiro atoms. The van der Waals surface area contributed by atoms with Crippen LogP contribution in [0.25, 0.3) is 11.4 Å². The number of piperidine rings is 1. The van der Waals surface area contributed by atoms with E-state index in [2.05, 4.69) is 20.8 Å². The zero-order chi connectivity index (χ0) is 16.2. The normalized spacial score (nSPS) is 18.5. The number of nitrogens with zero attached hydrogens (tertiary/aromatic N) is 2. The lowest BCUT2D eigenvalue weighted by molar-refractivity contribution is -0.126. The first-order valence-electron chi connectivity index (χ1n) is 7.74. The molecule has 0 aliphatic carbocycles. The summed E-state index contributed by atoms with van der Waals surface area (Å²) in [6.45, 7) is 3.44. The standard InChI is InChI=1S/C16H19FN4O2.ClH/c1-10(19-15(22)12-5-3-7-18-9-12)16-20-14(21-23-16)11-4-2-6-13(17)8-11;/h2,4,6,8,10,12,18H,3,5,7,9H2,1H3,(H,19,22);1H. The highest BCUT2D eigenvalue weighted by atomic mass is 35.5. The molecular formula is C16H20ClFN4O2. The zero-order valence-electron chi connectivity index (χ0n) is 13.3. The van der Waals surface area contributed by atoms with Crippen molar-refractivity contribution in [3.05, 3.63) is 36.0 Å². The highest BCUT2D eigenvalue weighted by Gasteiger charge is 2.24. The van der Waals surface area contributed by atoms with Crippen LogP contribution in [-0.4, -0.2) is 29.1 Å². The van der Waals surface area contributed by atoms with Crippen LogP contribution in [-0.2, 0) is 4.79 Å². The van der Waals surface area contributed by atoms with Gasteiger partial charge in [-0.1, -0.05) is 17.3 Å². The maximum atomic E-state index is 13.2. The molecule has 130 valence electrons. The predicted octanol–water partition coefficient (Wildman–Crippen LogP) is 2.47. The van der Waals surface area contributed by atoms with Gasteiger partial charge in [-0.15, -0.1) is 12.4 Å². The summed E-state index contributed by atoms with van der Waals surface area (Å²) in [6.07, 6.45) is 1.88. The van der Waals surface area contributed by atoms with Crippen LogP contribution in [0.15, 0.2) is 28.8 Å². The molecule has 1 saturated heterocycles. The minimum absolute atomic E-state index is 0. The fourth-order valence-electron chi connectivity index (χ4n) is 2.62. The van der Waals surface area contributed by atoms with E-state index in [1.54, 1.807) is 19.1 Å². The molecule has 0 bridgehead atoms. The molecule has 2 unspecified atom stereocenters. The Morgan fingerprint density at radius 3 is 3.04 bits per heavy atom. The zero-order valence-corrected chi connectivity index (χ0v) is 14.1. The third kappa shape index (κ3) is 4.30. The largest absolute Gasteiger partial charge is 0.344 e. The van der Waals surface area contributed by atoms with Crippen LogP contribution >= 0.6 is 12.4 Å². The summed E-state index contributed by atoms with van der Waals surface area (Å²) < 4.78 is 18.4. The maximum absolute atomic E-state index is 13.2. The number of nitrogens with one attached hydrogen (secondary N) is 2. The van der Waals surface area contributed by atoms with Gasteiger partial charge in [0.05, 0.1) is 5.92 Å². The summed E-state index contributed by atoms with van der Waals surface area (Å²) in [6, 6.07) is 5.59. The van der Waals surface area contributed by atoms with E-state index < -0.39 is 0 Å². The molecule has 1 fully saturated rings. The van der Waals surface area contributed by atoms with Gasteiger partial charge in [0.1, 0.15) is 11.9 Å². The van der Waals surface area contributed by atoms with Crippen molar-refractivity contribution < 1.29 is 13.7 Å². The van der Waals surface area contributed by atoms with E-state index in [0.717, 1.165) is 19.4 Å². The Morgan fingerprint density at radius 1 is 1.50 bits per heavy atom. The van der Waals surface area contributed by atoms with Crippen LogP contribution in [0.1, 0.15) is 31.7 Å². The van der Waals surface area contributed by atoms with Crippen molar-refractivity contribution in [2.75, 3.05) is 13.1 Å². The minimum Gasteiger partial charge on any atom is -0.344 e. The third-order valence-electron chi connectivity index (χ3n) is 3.92. The number of halogens is 2. The van der Waals surface area contributed by atoms with Crippen molar-refractivity contribution >= 4 is 18.3 Å². The van der Waals surface area contributed by atoms with Gasteiger partial charge in [-0.3, -0.25) is 4.79 Å². The summed E-state index contributed by atoms with van der Waals surface area (Å²) in [4.78, 5) is 16.5. The van der Waals surface area contributed by atoms with Gasteiger partial charge in [0.2, 0.25) is 17.6 Å². The monoisotopic (exact) mass is 354 g/mol. The highest BCUT2D eigenvalue weighted by Crippen LogP contribution is 2.20. The van der Waals surface area contributed by atoms with Crippen molar-refractivity contribution in [1.29, 1.82) is 0 Å². The van der Waals surface area contributed by atoms with Gasteiger partial charge in [0.15, 0.2) is 0 Å². The smallest absolute Gasteiger partial charge is 0.249 e. The molecule has 2 heterocycles. The number of benzene rings is 1. The van der Waals surface area contributed by atoms with Gasteiger partial charge in [-0.05, 0) is 38.4 Å². The maximum Gasteiger partial charge on any atom is 0.249 e. The van der Waals surface area contributed by atoms with E-state index in [-0.39, 0.29) is 36.1 Å². The molecule has 1 aromatic carbocycles. The second kappa shape index (κ2) is 8.21. The van der Waals surface area contributed by atoms with Gasteiger partial charge in [-0.25, -0.2) is 4.39 Å². The Kier molecular flexibility index (Phi) is 6.28. The Labute approximate surface area is 145 Å². The molecule has 2 atom stereocenters. The predicted molar refractivity (Wildman–Crippen MR) is 89.1 cm³/mol.